The highest BCUT2D eigenvalue weighted by molar-refractivity contribution is 5.93. The van der Waals surface area contributed by atoms with Crippen LogP contribution in [0.3, 0.4) is 0 Å². The van der Waals surface area contributed by atoms with Crippen LogP contribution in [0.1, 0.15) is 26.2 Å². The van der Waals surface area contributed by atoms with Crippen LogP contribution in [-0.4, -0.2) is 44.7 Å². The number of hydrogen-bond acceptors (Lipinski definition) is 3. The molecule has 3 atom stereocenters. The Morgan fingerprint density at radius 1 is 1.71 bits per heavy atom. The van der Waals surface area contributed by atoms with Crippen LogP contribution in [0.15, 0.2) is 0 Å². The van der Waals surface area contributed by atoms with Gasteiger partial charge in [0.25, 0.3) is 0 Å². The first-order valence-electron chi connectivity index (χ1n) is 4.74. The molecular formula is C9H13NO4. The zero-order chi connectivity index (χ0) is 10.5. The zero-order valence-electron chi connectivity index (χ0n) is 7.93. The van der Waals surface area contributed by atoms with Crippen LogP contribution in [0.5, 0.6) is 0 Å². The molecule has 14 heavy (non-hydrogen) atoms. The van der Waals surface area contributed by atoms with E-state index in [2.05, 4.69) is 0 Å². The molecule has 0 aromatic rings. The number of aliphatic carboxylic acids is 1. The minimum absolute atomic E-state index is 0.0354. The fourth-order valence-corrected chi connectivity index (χ4v) is 2.57. The monoisotopic (exact) mass is 199 g/mol. The summed E-state index contributed by atoms with van der Waals surface area (Å²) in [5.74, 6) is -1.25. The Bertz CT molecular complexity index is 301. The number of amides is 1. The maximum Gasteiger partial charge on any atom is 0.332 e. The summed E-state index contributed by atoms with van der Waals surface area (Å²) in [7, 11) is 0. The van der Waals surface area contributed by atoms with Gasteiger partial charge in [0.15, 0.2) is 5.54 Å². The van der Waals surface area contributed by atoms with Gasteiger partial charge in [0.1, 0.15) is 0 Å². The minimum atomic E-state index is -1.36. The van der Waals surface area contributed by atoms with E-state index in [4.69, 9.17) is 5.11 Å². The van der Waals surface area contributed by atoms with Crippen molar-refractivity contribution in [1.82, 2.24) is 4.90 Å². The van der Waals surface area contributed by atoms with Gasteiger partial charge in [0.05, 0.1) is 6.10 Å². The van der Waals surface area contributed by atoms with Gasteiger partial charge in [-0.25, -0.2) is 4.79 Å². The van der Waals surface area contributed by atoms with Gasteiger partial charge < -0.3 is 15.1 Å². The third kappa shape index (κ3) is 0.877. The number of rotatable bonds is 2. The lowest BCUT2D eigenvalue weighted by Crippen LogP contribution is -2.66. The summed E-state index contributed by atoms with van der Waals surface area (Å²) in [5, 5.41) is 18.7. The van der Waals surface area contributed by atoms with Gasteiger partial charge in [-0.2, -0.15) is 0 Å². The summed E-state index contributed by atoms with van der Waals surface area (Å²) >= 11 is 0. The van der Waals surface area contributed by atoms with Gasteiger partial charge in [-0.15, -0.1) is 0 Å². The molecule has 0 radical (unpaired) electrons. The van der Waals surface area contributed by atoms with Crippen LogP contribution in [-0.2, 0) is 9.59 Å². The summed E-state index contributed by atoms with van der Waals surface area (Å²) in [5.41, 5.74) is -1.36. The Balaban J connectivity index is 2.36. The van der Waals surface area contributed by atoms with E-state index in [-0.39, 0.29) is 11.9 Å². The molecule has 0 spiro atoms. The van der Waals surface area contributed by atoms with Crippen molar-refractivity contribution in [3.05, 3.63) is 0 Å². The van der Waals surface area contributed by atoms with Crippen molar-refractivity contribution in [3.8, 4) is 0 Å². The van der Waals surface area contributed by atoms with E-state index in [1.807, 2.05) is 0 Å². The molecule has 0 aliphatic carbocycles. The molecule has 0 aromatic heterocycles. The highest BCUT2D eigenvalue weighted by Crippen LogP contribution is 2.44. The van der Waals surface area contributed by atoms with Crippen molar-refractivity contribution in [2.75, 3.05) is 0 Å². The summed E-state index contributed by atoms with van der Waals surface area (Å²) in [6, 6.07) is 0.0354. The Kier molecular flexibility index (Phi) is 1.82. The first kappa shape index (κ1) is 9.45. The zero-order valence-corrected chi connectivity index (χ0v) is 7.93. The number of fused-ring (bicyclic) bond motifs is 1. The Morgan fingerprint density at radius 3 is 2.71 bits per heavy atom. The molecular weight excluding hydrogens is 186 g/mol. The Morgan fingerprint density at radius 2 is 2.36 bits per heavy atom. The van der Waals surface area contributed by atoms with Crippen LogP contribution < -0.4 is 0 Å². The molecule has 5 heteroatoms. The summed E-state index contributed by atoms with van der Waals surface area (Å²) < 4.78 is 0. The highest BCUT2D eigenvalue weighted by atomic mass is 16.4. The maximum atomic E-state index is 11.3. The van der Waals surface area contributed by atoms with Gasteiger partial charge in [-0.1, -0.05) is 0 Å². The predicted molar refractivity (Wildman–Crippen MR) is 46.5 cm³/mol. The molecule has 0 saturated carbocycles. The van der Waals surface area contributed by atoms with Gasteiger partial charge in [-0.05, 0) is 19.8 Å². The normalized spacial score (nSPS) is 37.7. The summed E-state index contributed by atoms with van der Waals surface area (Å²) in [6.07, 6.45) is 0.454. The molecule has 0 bridgehead atoms. The fourth-order valence-electron chi connectivity index (χ4n) is 2.57. The molecule has 2 aliphatic rings. The lowest BCUT2D eigenvalue weighted by Gasteiger charge is -2.45. The molecule has 2 heterocycles. The van der Waals surface area contributed by atoms with Gasteiger partial charge in [0, 0.05) is 12.5 Å². The first-order chi connectivity index (χ1) is 6.50. The topological polar surface area (TPSA) is 77.8 Å². The number of hydrogen-bond donors (Lipinski definition) is 2. The smallest absolute Gasteiger partial charge is 0.332 e. The molecule has 2 fully saturated rings. The maximum absolute atomic E-state index is 11.3. The number of nitrogens with zero attached hydrogens (tertiary/aromatic N) is 1. The SMILES string of the molecule is CC(O)C1(C(=O)O)CCC2CC(=O)N21. The van der Waals surface area contributed by atoms with Crippen LogP contribution in [0.25, 0.3) is 0 Å². The molecule has 78 valence electrons. The molecule has 3 unspecified atom stereocenters. The molecule has 1 amide bonds. The van der Waals surface area contributed by atoms with Crippen LogP contribution in [0.4, 0.5) is 0 Å². The number of carboxylic acids is 1. The number of aliphatic hydroxyl groups excluding tert-OH is 1. The van der Waals surface area contributed by atoms with E-state index in [0.717, 1.165) is 0 Å². The molecule has 0 aromatic carbocycles. The van der Waals surface area contributed by atoms with Crippen molar-refractivity contribution >= 4 is 11.9 Å². The summed E-state index contributed by atoms with van der Waals surface area (Å²) in [6.45, 7) is 1.43. The minimum Gasteiger partial charge on any atom is -0.479 e. The first-order valence-corrected chi connectivity index (χ1v) is 4.74. The summed E-state index contributed by atoms with van der Waals surface area (Å²) in [4.78, 5) is 23.8. The van der Waals surface area contributed by atoms with E-state index in [0.29, 0.717) is 19.3 Å². The third-order valence-electron chi connectivity index (χ3n) is 3.39. The van der Waals surface area contributed by atoms with E-state index in [1.165, 1.54) is 11.8 Å². The van der Waals surface area contributed by atoms with Crippen LogP contribution >= 0.6 is 0 Å². The molecule has 2 rings (SSSR count). The second-order valence-corrected chi connectivity index (χ2v) is 4.07. The number of aliphatic hydroxyl groups is 1. The third-order valence-corrected chi connectivity index (χ3v) is 3.39. The van der Waals surface area contributed by atoms with Crippen molar-refractivity contribution in [2.24, 2.45) is 0 Å². The van der Waals surface area contributed by atoms with Gasteiger partial charge in [0.2, 0.25) is 5.91 Å². The lowest BCUT2D eigenvalue weighted by molar-refractivity contribution is -0.174. The highest BCUT2D eigenvalue weighted by Gasteiger charge is 2.61. The lowest BCUT2D eigenvalue weighted by atomic mass is 9.89. The Hall–Kier alpha value is -1.10. The average molecular weight is 199 g/mol. The van der Waals surface area contributed by atoms with Gasteiger partial charge >= 0.3 is 5.97 Å². The Labute approximate surface area is 81.3 Å². The van der Waals surface area contributed by atoms with Crippen LogP contribution in [0.2, 0.25) is 0 Å². The molecule has 5 nitrogen and oxygen atoms in total. The van der Waals surface area contributed by atoms with Crippen molar-refractivity contribution in [2.45, 2.75) is 43.9 Å². The number of carbonyl (C=O) groups excluding carboxylic acids is 1. The molecule has 2 saturated heterocycles. The second kappa shape index (κ2) is 2.70. The number of β-lactam (4-membered cyclic amide) rings is 1. The van der Waals surface area contributed by atoms with Gasteiger partial charge in [-0.3, -0.25) is 4.79 Å². The van der Waals surface area contributed by atoms with E-state index >= 15 is 0 Å². The van der Waals surface area contributed by atoms with E-state index < -0.39 is 17.6 Å². The van der Waals surface area contributed by atoms with Crippen molar-refractivity contribution < 1.29 is 19.8 Å². The van der Waals surface area contributed by atoms with E-state index in [9.17, 15) is 14.7 Å². The van der Waals surface area contributed by atoms with Crippen molar-refractivity contribution in [3.63, 3.8) is 0 Å². The van der Waals surface area contributed by atoms with Crippen molar-refractivity contribution in [1.29, 1.82) is 0 Å². The largest absolute Gasteiger partial charge is 0.479 e. The predicted octanol–water partition coefficient (Wildman–Crippen LogP) is -0.415. The van der Waals surface area contributed by atoms with E-state index in [1.54, 1.807) is 0 Å². The second-order valence-electron chi connectivity index (χ2n) is 4.07. The molecule has 2 N–H and O–H groups in total. The van der Waals surface area contributed by atoms with Crippen LogP contribution in [0, 0.1) is 0 Å². The number of carbonyl (C=O) groups is 2. The fraction of sp³-hybridized carbons (Fsp3) is 0.778. The quantitative estimate of drug-likeness (QED) is 0.592. The average Bonchev–Trinajstić information content (AvgIpc) is 2.38. The molecule has 2 aliphatic heterocycles. The number of carboxylic acid groups (broad SMARTS) is 1. The standard InChI is InChI=1S/C9H13NO4/c1-5(11)9(8(13)14)3-2-6-4-7(12)10(6)9/h5-6,11H,2-4H2,1H3,(H,13,14).